The highest BCUT2D eigenvalue weighted by Gasteiger charge is 2.31. The summed E-state index contributed by atoms with van der Waals surface area (Å²) >= 11 is 0. The number of carboxylic acids is 1. The molecule has 0 atom stereocenters. The van der Waals surface area contributed by atoms with Gasteiger partial charge in [0.05, 0.1) is 12.0 Å². The molecule has 5 heteroatoms. The normalized spacial score (nSPS) is 11.3. The molecular formula is C18H25F3O2. The molecule has 0 radical (unpaired) electrons. The number of alkyl halides is 3. The van der Waals surface area contributed by atoms with Gasteiger partial charge in [0.2, 0.25) is 0 Å². The molecule has 0 bridgehead atoms. The molecule has 0 aliphatic carbocycles. The molecule has 0 fully saturated rings. The lowest BCUT2D eigenvalue weighted by Crippen LogP contribution is -2.07. The minimum atomic E-state index is -4.36. The zero-order chi connectivity index (χ0) is 18.0. The van der Waals surface area contributed by atoms with Crippen molar-refractivity contribution in [1.29, 1.82) is 0 Å². The molecule has 0 saturated carbocycles. The highest BCUT2D eigenvalue weighted by Crippen LogP contribution is 2.33. The maximum absolute atomic E-state index is 12.8. The topological polar surface area (TPSA) is 37.3 Å². The lowest BCUT2D eigenvalue weighted by atomic mass is 9.95. The van der Waals surface area contributed by atoms with Gasteiger partial charge in [0.1, 0.15) is 0 Å². The predicted molar refractivity (Wildman–Crippen MR) is 87.4 cm³/mol. The fraction of sp³-hybridized carbons (Fsp3) is 0.500. The van der Waals surface area contributed by atoms with E-state index in [1.54, 1.807) is 13.0 Å². The Morgan fingerprint density at radius 1 is 1.22 bits per heavy atom. The summed E-state index contributed by atoms with van der Waals surface area (Å²) in [6, 6.07) is 2.25. The number of hydrogen-bond acceptors (Lipinski definition) is 1. The van der Waals surface area contributed by atoms with Crippen molar-refractivity contribution in [2.24, 2.45) is 0 Å². The molecule has 0 aliphatic rings. The van der Waals surface area contributed by atoms with Crippen LogP contribution in [0.25, 0.3) is 6.08 Å². The number of rotatable bonds is 5. The quantitative estimate of drug-likeness (QED) is 0.733. The van der Waals surface area contributed by atoms with Crippen LogP contribution in [0.4, 0.5) is 13.2 Å². The van der Waals surface area contributed by atoms with E-state index in [0.29, 0.717) is 23.1 Å². The van der Waals surface area contributed by atoms with Gasteiger partial charge in [-0.1, -0.05) is 45.8 Å². The van der Waals surface area contributed by atoms with Gasteiger partial charge in [-0.05, 0) is 42.2 Å². The smallest absolute Gasteiger partial charge is 0.416 e. The Kier molecular flexibility index (Phi) is 9.30. The molecule has 23 heavy (non-hydrogen) atoms. The average Bonchev–Trinajstić information content (AvgIpc) is 2.41. The third-order valence-electron chi connectivity index (χ3n) is 2.90. The fourth-order valence-electron chi connectivity index (χ4n) is 2.03. The van der Waals surface area contributed by atoms with E-state index in [2.05, 4.69) is 13.8 Å². The van der Waals surface area contributed by atoms with Crippen molar-refractivity contribution < 1.29 is 23.1 Å². The first-order chi connectivity index (χ1) is 10.7. The monoisotopic (exact) mass is 330 g/mol. The summed E-state index contributed by atoms with van der Waals surface area (Å²) in [6.07, 6.45) is 1.03. The Balaban J connectivity index is 0.00000149. The van der Waals surface area contributed by atoms with Crippen molar-refractivity contribution in [3.05, 3.63) is 40.5 Å². The first-order valence-corrected chi connectivity index (χ1v) is 7.76. The van der Waals surface area contributed by atoms with E-state index in [1.807, 2.05) is 6.92 Å². The van der Waals surface area contributed by atoms with Crippen molar-refractivity contribution in [3.8, 4) is 0 Å². The summed E-state index contributed by atoms with van der Waals surface area (Å²) in [5.41, 5.74) is 1.13. The minimum absolute atomic E-state index is 0.147. The Morgan fingerprint density at radius 2 is 1.78 bits per heavy atom. The van der Waals surface area contributed by atoms with Crippen LogP contribution in [-0.4, -0.2) is 11.1 Å². The molecule has 1 aromatic rings. The third kappa shape index (κ3) is 7.86. The van der Waals surface area contributed by atoms with Crippen molar-refractivity contribution in [2.75, 3.05) is 0 Å². The molecule has 1 N–H and O–H groups in total. The number of aliphatic carboxylic acids is 1. The SMILES string of the molecule is CCC.CCCc1cc(C(F)(F)F)cc(C)c1/C=C/CC(=O)O. The summed E-state index contributed by atoms with van der Waals surface area (Å²) in [5, 5.41) is 8.58. The van der Waals surface area contributed by atoms with Gasteiger partial charge in [-0.25, -0.2) is 0 Å². The van der Waals surface area contributed by atoms with E-state index in [0.717, 1.165) is 18.6 Å². The fourth-order valence-corrected chi connectivity index (χ4v) is 2.03. The lowest BCUT2D eigenvalue weighted by Gasteiger charge is -2.14. The predicted octanol–water partition coefficient (Wildman–Crippen LogP) is 5.87. The second-order valence-corrected chi connectivity index (χ2v) is 5.32. The maximum atomic E-state index is 12.8. The highest BCUT2D eigenvalue weighted by atomic mass is 19.4. The Hall–Kier alpha value is -1.78. The minimum Gasteiger partial charge on any atom is -0.481 e. The molecule has 0 aromatic heterocycles. The van der Waals surface area contributed by atoms with E-state index < -0.39 is 17.7 Å². The van der Waals surface area contributed by atoms with Crippen LogP contribution in [-0.2, 0) is 17.4 Å². The number of carbonyl (C=O) groups is 1. The molecule has 2 nitrogen and oxygen atoms in total. The molecule has 1 aromatic carbocycles. The van der Waals surface area contributed by atoms with E-state index in [4.69, 9.17) is 5.11 Å². The molecule has 0 amide bonds. The van der Waals surface area contributed by atoms with Gasteiger partial charge in [-0.15, -0.1) is 0 Å². The Labute approximate surface area is 136 Å². The molecule has 1 rings (SSSR count). The summed E-state index contributed by atoms with van der Waals surface area (Å²) in [5.74, 6) is -0.970. The van der Waals surface area contributed by atoms with Crippen molar-refractivity contribution in [1.82, 2.24) is 0 Å². The van der Waals surface area contributed by atoms with Crippen LogP contribution in [0.5, 0.6) is 0 Å². The van der Waals surface area contributed by atoms with Gasteiger partial charge in [0.25, 0.3) is 0 Å². The lowest BCUT2D eigenvalue weighted by molar-refractivity contribution is -0.138. The van der Waals surface area contributed by atoms with Gasteiger partial charge in [-0.2, -0.15) is 13.2 Å². The van der Waals surface area contributed by atoms with Crippen molar-refractivity contribution in [2.45, 2.75) is 59.6 Å². The summed E-state index contributed by atoms with van der Waals surface area (Å²) in [7, 11) is 0. The number of benzene rings is 1. The maximum Gasteiger partial charge on any atom is 0.416 e. The van der Waals surface area contributed by atoms with Crippen LogP contribution in [0, 0.1) is 6.92 Å². The van der Waals surface area contributed by atoms with Gasteiger partial charge >= 0.3 is 12.1 Å². The van der Waals surface area contributed by atoms with Gasteiger partial charge in [-0.3, -0.25) is 4.79 Å². The molecule has 0 unspecified atom stereocenters. The van der Waals surface area contributed by atoms with Crippen LogP contribution < -0.4 is 0 Å². The van der Waals surface area contributed by atoms with Crippen LogP contribution >= 0.6 is 0 Å². The summed E-state index contributed by atoms with van der Waals surface area (Å²) < 4.78 is 38.3. The summed E-state index contributed by atoms with van der Waals surface area (Å²) in [6.45, 7) is 7.75. The van der Waals surface area contributed by atoms with Crippen molar-refractivity contribution >= 4 is 12.0 Å². The zero-order valence-electron chi connectivity index (χ0n) is 14.1. The Morgan fingerprint density at radius 3 is 2.22 bits per heavy atom. The zero-order valence-corrected chi connectivity index (χ0v) is 14.1. The second kappa shape index (κ2) is 10.1. The number of aryl methyl sites for hydroxylation is 2. The van der Waals surface area contributed by atoms with E-state index in [1.165, 1.54) is 12.5 Å². The largest absolute Gasteiger partial charge is 0.481 e. The molecule has 0 heterocycles. The van der Waals surface area contributed by atoms with E-state index in [-0.39, 0.29) is 6.42 Å². The van der Waals surface area contributed by atoms with Crippen molar-refractivity contribution in [3.63, 3.8) is 0 Å². The first-order valence-electron chi connectivity index (χ1n) is 7.76. The number of hydrogen-bond donors (Lipinski definition) is 1. The molecule has 0 aliphatic heterocycles. The van der Waals surface area contributed by atoms with Crippen LogP contribution in [0.2, 0.25) is 0 Å². The average molecular weight is 330 g/mol. The third-order valence-corrected chi connectivity index (χ3v) is 2.90. The van der Waals surface area contributed by atoms with Gasteiger partial charge in [0.15, 0.2) is 0 Å². The van der Waals surface area contributed by atoms with Gasteiger partial charge < -0.3 is 5.11 Å². The molecular weight excluding hydrogens is 305 g/mol. The molecule has 0 spiro atoms. The van der Waals surface area contributed by atoms with Crippen LogP contribution in [0.3, 0.4) is 0 Å². The van der Waals surface area contributed by atoms with Crippen LogP contribution in [0.15, 0.2) is 18.2 Å². The summed E-state index contributed by atoms with van der Waals surface area (Å²) in [4.78, 5) is 10.5. The van der Waals surface area contributed by atoms with E-state index in [9.17, 15) is 18.0 Å². The number of halogens is 3. The molecule has 0 saturated heterocycles. The Bertz CT molecular complexity index is 532. The molecule has 130 valence electrons. The van der Waals surface area contributed by atoms with Crippen LogP contribution in [0.1, 0.15) is 62.3 Å². The van der Waals surface area contributed by atoms with Gasteiger partial charge in [0, 0.05) is 0 Å². The van der Waals surface area contributed by atoms with E-state index >= 15 is 0 Å². The number of carboxylic acid groups (broad SMARTS) is 1. The standard InChI is InChI=1S/C15H17F3O2.C3H8/c1-3-5-11-9-12(15(16,17)18)8-10(2)13(11)6-4-7-14(19)20;1-3-2/h4,6,8-9H,3,5,7H2,1-2H3,(H,19,20);3H2,1-2H3/b6-4+;. The highest BCUT2D eigenvalue weighted by molar-refractivity contribution is 5.71. The second-order valence-electron chi connectivity index (χ2n) is 5.32. The first kappa shape index (κ1) is 21.2.